The van der Waals surface area contributed by atoms with Crippen molar-refractivity contribution >= 4 is 6.09 Å². The summed E-state index contributed by atoms with van der Waals surface area (Å²) in [6, 6.07) is -0.128. The van der Waals surface area contributed by atoms with E-state index in [1.54, 1.807) is 6.20 Å². The Bertz CT molecular complexity index is 435. The van der Waals surface area contributed by atoms with Gasteiger partial charge in [0.1, 0.15) is 5.60 Å². The molecule has 0 spiro atoms. The molecule has 0 aliphatic heterocycles. The second-order valence-electron chi connectivity index (χ2n) is 6.35. The number of nitrogens with one attached hydrogen (secondary N) is 1. The maximum atomic E-state index is 11.8. The number of aromatic nitrogens is 2. The molecule has 1 amide bonds. The lowest BCUT2D eigenvalue weighted by molar-refractivity contribution is 0.0506. The highest BCUT2D eigenvalue weighted by atomic mass is 16.6. The van der Waals surface area contributed by atoms with Gasteiger partial charge in [0.25, 0.3) is 0 Å². The summed E-state index contributed by atoms with van der Waals surface area (Å²) in [7, 11) is 0. The number of ether oxygens (including phenoxy) is 1. The van der Waals surface area contributed by atoms with Crippen LogP contribution in [0.1, 0.15) is 59.7 Å². The molecule has 0 radical (unpaired) electrons. The highest BCUT2D eigenvalue weighted by Crippen LogP contribution is 2.16. The van der Waals surface area contributed by atoms with Gasteiger partial charge in [0.2, 0.25) is 0 Å². The third-order valence-corrected chi connectivity index (χ3v) is 3.13. The van der Waals surface area contributed by atoms with E-state index in [1.807, 2.05) is 34.0 Å². The number of nitrogens with zero attached hydrogens (tertiary/aromatic N) is 2. The van der Waals surface area contributed by atoms with Crippen molar-refractivity contribution in [1.82, 2.24) is 14.9 Å². The number of rotatable bonds is 5. The predicted octanol–water partition coefficient (Wildman–Crippen LogP) is 3.51. The second kappa shape index (κ2) is 6.77. The summed E-state index contributed by atoms with van der Waals surface area (Å²) in [5.74, 6) is 0.580. The molecule has 0 saturated heterocycles. The zero-order valence-electron chi connectivity index (χ0n) is 13.4. The first-order valence-electron chi connectivity index (χ1n) is 7.22. The summed E-state index contributed by atoms with van der Waals surface area (Å²) in [6.07, 6.45) is 4.33. The van der Waals surface area contributed by atoms with Crippen molar-refractivity contribution < 1.29 is 9.53 Å². The van der Waals surface area contributed by atoms with E-state index in [0.717, 1.165) is 18.7 Å². The van der Waals surface area contributed by atoms with Crippen LogP contribution >= 0.6 is 0 Å². The second-order valence-corrected chi connectivity index (χ2v) is 6.35. The van der Waals surface area contributed by atoms with E-state index in [4.69, 9.17) is 4.74 Å². The van der Waals surface area contributed by atoms with Gasteiger partial charge < -0.3 is 14.6 Å². The van der Waals surface area contributed by atoms with Gasteiger partial charge in [0, 0.05) is 6.54 Å². The van der Waals surface area contributed by atoms with E-state index in [-0.39, 0.29) is 6.04 Å². The molecule has 114 valence electrons. The van der Waals surface area contributed by atoms with E-state index >= 15 is 0 Å². The van der Waals surface area contributed by atoms with Gasteiger partial charge in [-0.15, -0.1) is 0 Å². The molecule has 1 rings (SSSR count). The van der Waals surface area contributed by atoms with Crippen molar-refractivity contribution in [2.45, 2.75) is 66.2 Å². The van der Waals surface area contributed by atoms with E-state index in [1.165, 1.54) is 0 Å². The van der Waals surface area contributed by atoms with Crippen LogP contribution < -0.4 is 5.32 Å². The van der Waals surface area contributed by atoms with Gasteiger partial charge >= 0.3 is 6.09 Å². The van der Waals surface area contributed by atoms with Crippen LogP contribution in [0.4, 0.5) is 4.79 Å². The number of hydrogen-bond donors (Lipinski definition) is 1. The van der Waals surface area contributed by atoms with E-state index in [9.17, 15) is 4.79 Å². The molecule has 1 heterocycles. The summed E-state index contributed by atoms with van der Waals surface area (Å²) in [6.45, 7) is 12.8. The van der Waals surface area contributed by atoms with Gasteiger partial charge in [-0.2, -0.15) is 0 Å². The Kier molecular flexibility index (Phi) is 5.60. The SMILES string of the molecule is CCC(C)Cn1cncc1[C@H](C)NC(=O)OC(C)(C)C. The molecule has 1 N–H and O–H groups in total. The lowest BCUT2D eigenvalue weighted by Crippen LogP contribution is -2.34. The minimum absolute atomic E-state index is 0.128. The maximum absolute atomic E-state index is 11.8. The van der Waals surface area contributed by atoms with Crippen molar-refractivity contribution in [3.05, 3.63) is 18.2 Å². The van der Waals surface area contributed by atoms with E-state index in [2.05, 4.69) is 28.7 Å². The van der Waals surface area contributed by atoms with Crippen LogP contribution in [0.25, 0.3) is 0 Å². The highest BCUT2D eigenvalue weighted by Gasteiger charge is 2.20. The normalized spacial score (nSPS) is 14.7. The highest BCUT2D eigenvalue weighted by molar-refractivity contribution is 5.68. The predicted molar refractivity (Wildman–Crippen MR) is 79.5 cm³/mol. The maximum Gasteiger partial charge on any atom is 0.408 e. The Morgan fingerprint density at radius 1 is 1.45 bits per heavy atom. The number of imidazole rings is 1. The first-order valence-corrected chi connectivity index (χ1v) is 7.22. The van der Waals surface area contributed by atoms with Crippen LogP contribution in [-0.2, 0) is 11.3 Å². The minimum atomic E-state index is -0.485. The largest absolute Gasteiger partial charge is 0.444 e. The monoisotopic (exact) mass is 281 g/mol. The number of alkyl carbamates (subject to hydrolysis) is 1. The molecule has 2 atom stereocenters. The molecule has 1 aromatic rings. The standard InChI is InChI=1S/C15H27N3O2/c1-7-11(2)9-18-10-16-8-13(18)12(3)17-14(19)20-15(4,5)6/h8,10-12H,7,9H2,1-6H3,(H,17,19)/t11?,12-/m0/s1. The summed E-state index contributed by atoms with van der Waals surface area (Å²) >= 11 is 0. The van der Waals surface area contributed by atoms with Gasteiger partial charge in [-0.3, -0.25) is 0 Å². The molecule has 1 unspecified atom stereocenters. The fraction of sp³-hybridized carbons (Fsp3) is 0.733. The third kappa shape index (κ3) is 5.23. The van der Waals surface area contributed by atoms with Crippen molar-refractivity contribution in [3.8, 4) is 0 Å². The lowest BCUT2D eigenvalue weighted by atomic mass is 10.1. The van der Waals surface area contributed by atoms with Crippen molar-refractivity contribution in [2.75, 3.05) is 0 Å². The Balaban J connectivity index is 2.66. The Hall–Kier alpha value is -1.52. The van der Waals surface area contributed by atoms with Crippen LogP contribution in [0.15, 0.2) is 12.5 Å². The molecule has 0 aliphatic rings. The molecule has 0 aliphatic carbocycles. The Morgan fingerprint density at radius 3 is 2.65 bits per heavy atom. The number of carbonyl (C=O) groups is 1. The molecule has 5 nitrogen and oxygen atoms in total. The third-order valence-electron chi connectivity index (χ3n) is 3.13. The molecular weight excluding hydrogens is 254 g/mol. The van der Waals surface area contributed by atoms with E-state index < -0.39 is 11.7 Å². The van der Waals surface area contributed by atoms with E-state index in [0.29, 0.717) is 5.92 Å². The van der Waals surface area contributed by atoms with Crippen molar-refractivity contribution in [3.63, 3.8) is 0 Å². The number of hydrogen-bond acceptors (Lipinski definition) is 3. The Morgan fingerprint density at radius 2 is 2.10 bits per heavy atom. The van der Waals surface area contributed by atoms with Crippen LogP contribution in [0, 0.1) is 5.92 Å². The summed E-state index contributed by atoms with van der Waals surface area (Å²) in [4.78, 5) is 16.0. The molecule has 0 saturated carbocycles. The first-order chi connectivity index (χ1) is 9.23. The fourth-order valence-corrected chi connectivity index (χ4v) is 1.87. The summed E-state index contributed by atoms with van der Waals surface area (Å²) in [5, 5.41) is 2.85. The van der Waals surface area contributed by atoms with Crippen LogP contribution in [0.3, 0.4) is 0 Å². The van der Waals surface area contributed by atoms with Gasteiger partial charge in [-0.1, -0.05) is 20.3 Å². The number of amides is 1. The molecule has 1 aromatic heterocycles. The molecule has 0 aromatic carbocycles. The minimum Gasteiger partial charge on any atom is -0.444 e. The zero-order chi connectivity index (χ0) is 15.3. The van der Waals surface area contributed by atoms with Crippen LogP contribution in [0.2, 0.25) is 0 Å². The van der Waals surface area contributed by atoms with Gasteiger partial charge in [-0.25, -0.2) is 9.78 Å². The first kappa shape index (κ1) is 16.5. The average Bonchev–Trinajstić information content (AvgIpc) is 2.74. The quantitative estimate of drug-likeness (QED) is 0.898. The zero-order valence-corrected chi connectivity index (χ0v) is 13.4. The number of carbonyl (C=O) groups excluding carboxylic acids is 1. The van der Waals surface area contributed by atoms with Crippen molar-refractivity contribution in [2.24, 2.45) is 5.92 Å². The Labute approximate surface area is 121 Å². The molecule has 0 fully saturated rings. The topological polar surface area (TPSA) is 56.2 Å². The summed E-state index contributed by atoms with van der Waals surface area (Å²) < 4.78 is 7.36. The molecule has 0 bridgehead atoms. The van der Waals surface area contributed by atoms with Crippen LogP contribution in [-0.4, -0.2) is 21.2 Å². The lowest BCUT2D eigenvalue weighted by Gasteiger charge is -2.23. The van der Waals surface area contributed by atoms with Gasteiger partial charge in [0.15, 0.2) is 0 Å². The van der Waals surface area contributed by atoms with Crippen molar-refractivity contribution in [1.29, 1.82) is 0 Å². The van der Waals surface area contributed by atoms with Gasteiger partial charge in [0.05, 0.1) is 24.3 Å². The fourth-order valence-electron chi connectivity index (χ4n) is 1.87. The van der Waals surface area contributed by atoms with Gasteiger partial charge in [-0.05, 0) is 33.6 Å². The summed E-state index contributed by atoms with van der Waals surface area (Å²) in [5.41, 5.74) is 0.511. The smallest absolute Gasteiger partial charge is 0.408 e. The van der Waals surface area contributed by atoms with Crippen LogP contribution in [0.5, 0.6) is 0 Å². The average molecular weight is 281 g/mol. The molecule has 5 heteroatoms. The molecule has 20 heavy (non-hydrogen) atoms. The molecular formula is C15H27N3O2.